The third kappa shape index (κ3) is 3.28. The lowest BCUT2D eigenvalue weighted by atomic mass is 10.2. The average Bonchev–Trinajstić information content (AvgIpc) is 3.16. The summed E-state index contributed by atoms with van der Waals surface area (Å²) < 4.78 is 0. The van der Waals surface area contributed by atoms with E-state index in [0.717, 1.165) is 28.7 Å². The summed E-state index contributed by atoms with van der Waals surface area (Å²) in [5.41, 5.74) is 6.93. The third-order valence-electron chi connectivity index (χ3n) is 3.10. The smallest absolute Gasteiger partial charge is 0.136 e. The van der Waals surface area contributed by atoms with E-state index in [1.54, 1.807) is 0 Å². The average molecular weight is 266 g/mol. The molecule has 0 spiro atoms. The predicted octanol–water partition coefficient (Wildman–Crippen LogP) is 2.80. The van der Waals surface area contributed by atoms with Gasteiger partial charge in [-0.15, -0.1) is 0 Å². The van der Waals surface area contributed by atoms with Gasteiger partial charge in [-0.1, -0.05) is 6.92 Å². The molecule has 2 rings (SSSR count). The Hall–Kier alpha value is -0.970. The van der Waals surface area contributed by atoms with Crippen molar-refractivity contribution in [3.8, 4) is 0 Å². The molecule has 1 aromatic heterocycles. The first-order valence-corrected chi connectivity index (χ1v) is 7.75. The summed E-state index contributed by atoms with van der Waals surface area (Å²) in [6.07, 6.45) is 2.40. The highest BCUT2D eigenvalue weighted by Gasteiger charge is 2.28. The maximum atomic E-state index is 5.97. The summed E-state index contributed by atoms with van der Waals surface area (Å²) in [4.78, 5) is 9.02. The van der Waals surface area contributed by atoms with Gasteiger partial charge in [-0.25, -0.2) is 9.97 Å². The summed E-state index contributed by atoms with van der Waals surface area (Å²) in [7, 11) is 0. The Morgan fingerprint density at radius 2 is 2.17 bits per heavy atom. The van der Waals surface area contributed by atoms with Crippen molar-refractivity contribution in [2.75, 3.05) is 22.6 Å². The molecule has 1 fully saturated rings. The second-order valence-corrected chi connectivity index (χ2v) is 6.24. The molecule has 1 saturated carbocycles. The zero-order valence-electron chi connectivity index (χ0n) is 11.4. The van der Waals surface area contributed by atoms with E-state index in [2.05, 4.69) is 29.1 Å². The highest BCUT2D eigenvalue weighted by molar-refractivity contribution is 7.99. The maximum absolute atomic E-state index is 5.97. The fourth-order valence-electron chi connectivity index (χ4n) is 1.79. The quantitative estimate of drug-likeness (QED) is 0.829. The minimum Gasteiger partial charge on any atom is -0.383 e. The molecule has 0 aliphatic heterocycles. The molecule has 3 N–H and O–H groups in total. The van der Waals surface area contributed by atoms with Gasteiger partial charge in [0.25, 0.3) is 0 Å². The minimum absolute atomic E-state index is 0.398. The minimum atomic E-state index is 0.398. The number of aromatic nitrogens is 2. The van der Waals surface area contributed by atoms with Gasteiger partial charge >= 0.3 is 0 Å². The number of nitrogens with zero attached hydrogens (tertiary/aromatic N) is 2. The molecule has 0 aromatic carbocycles. The SMILES string of the molecule is CCSCC(C)Nc1nc(C2CC2)nc(N)c1C. The molecule has 100 valence electrons. The van der Waals surface area contributed by atoms with Crippen LogP contribution in [0.1, 0.15) is 44.0 Å². The van der Waals surface area contributed by atoms with Gasteiger partial charge in [-0.3, -0.25) is 0 Å². The zero-order chi connectivity index (χ0) is 13.1. The van der Waals surface area contributed by atoms with Gasteiger partial charge in [0.15, 0.2) is 0 Å². The molecule has 0 bridgehead atoms. The first kappa shape index (κ1) is 13.5. The number of nitrogen functional groups attached to an aromatic ring is 1. The normalized spacial score (nSPS) is 16.6. The number of thioether (sulfide) groups is 1. The zero-order valence-corrected chi connectivity index (χ0v) is 12.2. The van der Waals surface area contributed by atoms with E-state index in [1.807, 2.05) is 18.7 Å². The van der Waals surface area contributed by atoms with Crippen LogP contribution in [-0.4, -0.2) is 27.5 Å². The Labute approximate surface area is 113 Å². The standard InChI is InChI=1S/C13H22N4S/c1-4-18-7-8(2)15-12-9(3)11(14)16-13(17-12)10-5-6-10/h8,10H,4-7H2,1-3H3,(H3,14,15,16,17). The lowest BCUT2D eigenvalue weighted by Crippen LogP contribution is -2.21. The van der Waals surface area contributed by atoms with Gasteiger partial charge in [0.2, 0.25) is 0 Å². The molecule has 0 saturated heterocycles. The Morgan fingerprint density at radius 3 is 2.78 bits per heavy atom. The highest BCUT2D eigenvalue weighted by atomic mass is 32.2. The van der Waals surface area contributed by atoms with E-state index in [9.17, 15) is 0 Å². The number of nitrogens with one attached hydrogen (secondary N) is 1. The van der Waals surface area contributed by atoms with E-state index >= 15 is 0 Å². The summed E-state index contributed by atoms with van der Waals surface area (Å²) in [5, 5.41) is 3.46. The van der Waals surface area contributed by atoms with Crippen molar-refractivity contribution in [1.29, 1.82) is 0 Å². The van der Waals surface area contributed by atoms with Crippen LogP contribution in [0.5, 0.6) is 0 Å². The van der Waals surface area contributed by atoms with Crippen molar-refractivity contribution < 1.29 is 0 Å². The molecule has 1 heterocycles. The van der Waals surface area contributed by atoms with Gasteiger partial charge in [-0.05, 0) is 32.4 Å². The van der Waals surface area contributed by atoms with Crippen LogP contribution >= 0.6 is 11.8 Å². The number of nitrogens with two attached hydrogens (primary N) is 1. The van der Waals surface area contributed by atoms with Crippen LogP contribution in [0.25, 0.3) is 0 Å². The highest BCUT2D eigenvalue weighted by Crippen LogP contribution is 2.39. The molecule has 18 heavy (non-hydrogen) atoms. The van der Waals surface area contributed by atoms with Gasteiger partial charge < -0.3 is 11.1 Å². The summed E-state index contributed by atoms with van der Waals surface area (Å²) in [6, 6.07) is 0.398. The molecule has 5 heteroatoms. The van der Waals surface area contributed by atoms with E-state index in [0.29, 0.717) is 17.8 Å². The molecule has 1 atom stereocenters. The van der Waals surface area contributed by atoms with Crippen LogP contribution in [0.3, 0.4) is 0 Å². The summed E-state index contributed by atoms with van der Waals surface area (Å²) in [5.74, 6) is 5.20. The Kier molecular flexibility index (Phi) is 4.32. The van der Waals surface area contributed by atoms with E-state index in [1.165, 1.54) is 12.8 Å². The number of anilines is 2. The van der Waals surface area contributed by atoms with Gasteiger partial charge in [0.1, 0.15) is 17.5 Å². The van der Waals surface area contributed by atoms with Crippen molar-refractivity contribution in [2.24, 2.45) is 0 Å². The molecule has 4 nitrogen and oxygen atoms in total. The second-order valence-electron chi connectivity index (χ2n) is 4.92. The van der Waals surface area contributed by atoms with Gasteiger partial charge in [0.05, 0.1) is 0 Å². The molecule has 1 aliphatic carbocycles. The van der Waals surface area contributed by atoms with Crippen LogP contribution in [-0.2, 0) is 0 Å². The molecular weight excluding hydrogens is 244 g/mol. The van der Waals surface area contributed by atoms with Crippen LogP contribution < -0.4 is 11.1 Å². The summed E-state index contributed by atoms with van der Waals surface area (Å²) in [6.45, 7) is 6.34. The molecule has 1 unspecified atom stereocenters. The molecule has 1 aliphatic rings. The molecular formula is C13H22N4S. The van der Waals surface area contributed by atoms with Gasteiger partial charge in [-0.2, -0.15) is 11.8 Å². The van der Waals surface area contributed by atoms with Crippen LogP contribution in [0.15, 0.2) is 0 Å². The molecule has 1 aromatic rings. The first-order chi connectivity index (χ1) is 8.61. The van der Waals surface area contributed by atoms with Crippen molar-refractivity contribution in [3.63, 3.8) is 0 Å². The fourth-order valence-corrected chi connectivity index (χ4v) is 2.46. The summed E-state index contributed by atoms with van der Waals surface area (Å²) >= 11 is 1.93. The Bertz CT molecular complexity index is 418. The van der Waals surface area contributed by atoms with Crippen molar-refractivity contribution >= 4 is 23.4 Å². The first-order valence-electron chi connectivity index (χ1n) is 6.60. The van der Waals surface area contributed by atoms with Crippen LogP contribution in [0, 0.1) is 6.92 Å². The lowest BCUT2D eigenvalue weighted by Gasteiger charge is -2.17. The van der Waals surface area contributed by atoms with Crippen LogP contribution in [0.2, 0.25) is 0 Å². The van der Waals surface area contributed by atoms with E-state index in [4.69, 9.17) is 5.73 Å². The third-order valence-corrected chi connectivity index (χ3v) is 4.24. The number of rotatable bonds is 6. The topological polar surface area (TPSA) is 63.8 Å². The Balaban J connectivity index is 2.10. The van der Waals surface area contributed by atoms with Crippen molar-refractivity contribution in [1.82, 2.24) is 9.97 Å². The van der Waals surface area contributed by atoms with Crippen molar-refractivity contribution in [2.45, 2.75) is 45.6 Å². The predicted molar refractivity (Wildman–Crippen MR) is 79.2 cm³/mol. The largest absolute Gasteiger partial charge is 0.383 e. The molecule has 0 radical (unpaired) electrons. The van der Waals surface area contributed by atoms with Crippen molar-refractivity contribution in [3.05, 3.63) is 11.4 Å². The monoisotopic (exact) mass is 266 g/mol. The van der Waals surface area contributed by atoms with Crippen LogP contribution in [0.4, 0.5) is 11.6 Å². The maximum Gasteiger partial charge on any atom is 0.136 e. The molecule has 0 amide bonds. The number of hydrogen-bond donors (Lipinski definition) is 2. The van der Waals surface area contributed by atoms with E-state index in [-0.39, 0.29) is 0 Å². The second kappa shape index (κ2) is 5.78. The Morgan fingerprint density at radius 1 is 1.44 bits per heavy atom. The van der Waals surface area contributed by atoms with E-state index < -0.39 is 0 Å². The lowest BCUT2D eigenvalue weighted by molar-refractivity contribution is 0.869. The van der Waals surface area contributed by atoms with Gasteiger partial charge in [0, 0.05) is 23.3 Å². The fraction of sp³-hybridized carbons (Fsp3) is 0.692. The number of hydrogen-bond acceptors (Lipinski definition) is 5.